The van der Waals surface area contributed by atoms with Crippen LogP contribution in [0.1, 0.15) is 34.5 Å². The van der Waals surface area contributed by atoms with Gasteiger partial charge in [-0.3, -0.25) is 0 Å². The Morgan fingerprint density at radius 3 is 2.71 bits per heavy atom. The standard InChI is InChI=1S/C15H19NS/c1-11-5-4-6-14(9-11)13(3)16-10-15-12(2)7-8-17-15/h4-9,13,16H,10H2,1-3H3/t13-/m1/s1. The van der Waals surface area contributed by atoms with E-state index in [2.05, 4.69) is 61.8 Å². The van der Waals surface area contributed by atoms with E-state index in [1.54, 1.807) is 0 Å². The van der Waals surface area contributed by atoms with Crippen LogP contribution in [0.5, 0.6) is 0 Å². The van der Waals surface area contributed by atoms with Gasteiger partial charge in [-0.1, -0.05) is 29.8 Å². The third-order valence-electron chi connectivity index (χ3n) is 3.08. The maximum absolute atomic E-state index is 3.58. The van der Waals surface area contributed by atoms with Crippen LogP contribution >= 0.6 is 11.3 Å². The number of rotatable bonds is 4. The average molecular weight is 245 g/mol. The van der Waals surface area contributed by atoms with Crippen LogP contribution < -0.4 is 5.32 Å². The lowest BCUT2D eigenvalue weighted by atomic mass is 10.1. The SMILES string of the molecule is Cc1cccc([C@@H](C)NCc2sccc2C)c1. The van der Waals surface area contributed by atoms with E-state index in [9.17, 15) is 0 Å². The van der Waals surface area contributed by atoms with E-state index in [-0.39, 0.29) is 0 Å². The summed E-state index contributed by atoms with van der Waals surface area (Å²) in [5.74, 6) is 0. The number of aryl methyl sites for hydroxylation is 2. The molecule has 2 rings (SSSR count). The molecule has 1 N–H and O–H groups in total. The molecule has 17 heavy (non-hydrogen) atoms. The summed E-state index contributed by atoms with van der Waals surface area (Å²) in [6, 6.07) is 11.3. The predicted octanol–water partition coefficient (Wildman–Crippen LogP) is 4.22. The molecule has 2 heteroatoms. The molecule has 0 unspecified atom stereocenters. The quantitative estimate of drug-likeness (QED) is 0.850. The first-order valence-corrected chi connectivity index (χ1v) is 6.87. The minimum atomic E-state index is 0.399. The molecule has 0 amide bonds. The van der Waals surface area contributed by atoms with Crippen molar-refractivity contribution >= 4 is 11.3 Å². The number of hydrogen-bond donors (Lipinski definition) is 1. The molecule has 90 valence electrons. The third-order valence-corrected chi connectivity index (χ3v) is 4.10. The first-order valence-electron chi connectivity index (χ1n) is 6.00. The zero-order valence-corrected chi connectivity index (χ0v) is 11.5. The largest absolute Gasteiger partial charge is 0.305 e. The Balaban J connectivity index is 1.98. The van der Waals surface area contributed by atoms with Gasteiger partial charge >= 0.3 is 0 Å². The van der Waals surface area contributed by atoms with Crippen LogP contribution in [0.4, 0.5) is 0 Å². The molecule has 1 heterocycles. The van der Waals surface area contributed by atoms with E-state index in [0.29, 0.717) is 6.04 Å². The van der Waals surface area contributed by atoms with E-state index < -0.39 is 0 Å². The summed E-state index contributed by atoms with van der Waals surface area (Å²) in [6.07, 6.45) is 0. The molecular weight excluding hydrogens is 226 g/mol. The fourth-order valence-electron chi connectivity index (χ4n) is 1.89. The molecule has 0 spiro atoms. The first kappa shape index (κ1) is 12.3. The second kappa shape index (κ2) is 5.48. The van der Waals surface area contributed by atoms with Crippen LogP contribution in [0.15, 0.2) is 35.7 Å². The molecule has 1 nitrogen and oxygen atoms in total. The fourth-order valence-corrected chi connectivity index (χ4v) is 2.75. The van der Waals surface area contributed by atoms with Gasteiger partial charge in [0.05, 0.1) is 0 Å². The monoisotopic (exact) mass is 245 g/mol. The van der Waals surface area contributed by atoms with Crippen molar-refractivity contribution in [2.45, 2.75) is 33.4 Å². The van der Waals surface area contributed by atoms with E-state index in [1.165, 1.54) is 21.6 Å². The summed E-state index contributed by atoms with van der Waals surface area (Å²) in [6.45, 7) is 7.49. The summed E-state index contributed by atoms with van der Waals surface area (Å²) in [4.78, 5) is 1.43. The van der Waals surface area contributed by atoms with Crippen molar-refractivity contribution in [2.75, 3.05) is 0 Å². The van der Waals surface area contributed by atoms with Crippen molar-refractivity contribution < 1.29 is 0 Å². The van der Waals surface area contributed by atoms with Crippen molar-refractivity contribution in [1.29, 1.82) is 0 Å². The first-order chi connectivity index (χ1) is 8.16. The summed E-state index contributed by atoms with van der Waals surface area (Å²) in [7, 11) is 0. The molecule has 0 fully saturated rings. The fraction of sp³-hybridized carbons (Fsp3) is 0.333. The molecule has 0 aliphatic carbocycles. The topological polar surface area (TPSA) is 12.0 Å². The second-order valence-corrected chi connectivity index (χ2v) is 5.54. The number of nitrogens with one attached hydrogen (secondary N) is 1. The highest BCUT2D eigenvalue weighted by molar-refractivity contribution is 7.10. The van der Waals surface area contributed by atoms with Crippen molar-refractivity contribution in [1.82, 2.24) is 5.32 Å². The second-order valence-electron chi connectivity index (χ2n) is 4.54. The minimum absolute atomic E-state index is 0.399. The van der Waals surface area contributed by atoms with Gasteiger partial charge in [0.15, 0.2) is 0 Å². The summed E-state index contributed by atoms with van der Waals surface area (Å²) in [5, 5.41) is 5.74. The zero-order chi connectivity index (χ0) is 12.3. The van der Waals surface area contributed by atoms with Crippen LogP contribution in [0.3, 0.4) is 0 Å². The molecule has 1 aromatic heterocycles. The van der Waals surface area contributed by atoms with Crippen molar-refractivity contribution in [3.63, 3.8) is 0 Å². The maximum atomic E-state index is 3.58. The molecule has 0 aliphatic heterocycles. The highest BCUT2D eigenvalue weighted by Crippen LogP contribution is 2.18. The van der Waals surface area contributed by atoms with E-state index in [0.717, 1.165) is 6.54 Å². The van der Waals surface area contributed by atoms with E-state index in [1.807, 2.05) is 11.3 Å². The van der Waals surface area contributed by atoms with E-state index in [4.69, 9.17) is 0 Å². The Labute approximate surface area is 108 Å². The molecule has 0 saturated carbocycles. The predicted molar refractivity (Wildman–Crippen MR) is 75.5 cm³/mol. The lowest BCUT2D eigenvalue weighted by Crippen LogP contribution is -2.17. The lowest BCUT2D eigenvalue weighted by Gasteiger charge is -2.14. The maximum Gasteiger partial charge on any atom is 0.0308 e. The Kier molecular flexibility index (Phi) is 3.97. The number of thiophene rings is 1. The Hall–Kier alpha value is -1.12. The molecule has 0 aliphatic rings. The van der Waals surface area contributed by atoms with Gasteiger partial charge in [0, 0.05) is 17.5 Å². The molecule has 0 radical (unpaired) electrons. The molecule has 2 aromatic rings. The summed E-state index contributed by atoms with van der Waals surface area (Å²) >= 11 is 1.83. The summed E-state index contributed by atoms with van der Waals surface area (Å²) in [5.41, 5.74) is 4.07. The zero-order valence-electron chi connectivity index (χ0n) is 10.7. The van der Waals surface area contributed by atoms with Crippen LogP contribution in [0, 0.1) is 13.8 Å². The molecule has 1 aromatic carbocycles. The highest BCUT2D eigenvalue weighted by atomic mass is 32.1. The minimum Gasteiger partial charge on any atom is -0.305 e. The summed E-state index contributed by atoms with van der Waals surface area (Å²) < 4.78 is 0. The molecule has 0 saturated heterocycles. The lowest BCUT2D eigenvalue weighted by molar-refractivity contribution is 0.577. The van der Waals surface area contributed by atoms with Gasteiger partial charge in [-0.05, 0) is 43.3 Å². The Bertz CT molecular complexity index is 487. The van der Waals surface area contributed by atoms with Gasteiger partial charge in [0.1, 0.15) is 0 Å². The van der Waals surface area contributed by atoms with Gasteiger partial charge in [0.25, 0.3) is 0 Å². The smallest absolute Gasteiger partial charge is 0.0308 e. The number of benzene rings is 1. The van der Waals surface area contributed by atoms with Crippen LogP contribution in [-0.4, -0.2) is 0 Å². The Morgan fingerprint density at radius 2 is 2.06 bits per heavy atom. The van der Waals surface area contributed by atoms with Crippen molar-refractivity contribution in [3.05, 3.63) is 57.3 Å². The van der Waals surface area contributed by atoms with Crippen LogP contribution in [0.25, 0.3) is 0 Å². The molecule has 1 atom stereocenters. The normalized spacial score (nSPS) is 12.6. The van der Waals surface area contributed by atoms with Crippen molar-refractivity contribution in [2.24, 2.45) is 0 Å². The van der Waals surface area contributed by atoms with Gasteiger partial charge in [-0.2, -0.15) is 0 Å². The van der Waals surface area contributed by atoms with Crippen LogP contribution in [-0.2, 0) is 6.54 Å². The third kappa shape index (κ3) is 3.18. The van der Waals surface area contributed by atoms with Gasteiger partial charge in [0.2, 0.25) is 0 Å². The van der Waals surface area contributed by atoms with Crippen LogP contribution in [0.2, 0.25) is 0 Å². The molecule has 0 bridgehead atoms. The van der Waals surface area contributed by atoms with Crippen molar-refractivity contribution in [3.8, 4) is 0 Å². The average Bonchev–Trinajstić information content (AvgIpc) is 2.72. The Morgan fingerprint density at radius 1 is 1.24 bits per heavy atom. The number of hydrogen-bond acceptors (Lipinski definition) is 2. The van der Waals surface area contributed by atoms with Gasteiger partial charge in [-0.15, -0.1) is 11.3 Å². The van der Waals surface area contributed by atoms with Gasteiger partial charge in [-0.25, -0.2) is 0 Å². The van der Waals surface area contributed by atoms with E-state index >= 15 is 0 Å². The molecular formula is C15H19NS. The highest BCUT2D eigenvalue weighted by Gasteiger charge is 2.06. The van der Waals surface area contributed by atoms with Gasteiger partial charge < -0.3 is 5.32 Å².